The third-order valence-corrected chi connectivity index (χ3v) is 4.09. The lowest BCUT2D eigenvalue weighted by Crippen LogP contribution is -2.10. The molecule has 0 aliphatic heterocycles. The number of hydrogen-bond donors (Lipinski definition) is 0. The van der Waals surface area contributed by atoms with Crippen molar-refractivity contribution in [3.8, 4) is 17.1 Å². The number of benzene rings is 2. The molecule has 0 aliphatic carbocycles. The molecular formula is C18H12BrClFNO3. The van der Waals surface area contributed by atoms with Crippen LogP contribution in [0.25, 0.3) is 11.3 Å². The zero-order valence-electron chi connectivity index (χ0n) is 12.8. The van der Waals surface area contributed by atoms with Gasteiger partial charge in [-0.3, -0.25) is 4.79 Å². The van der Waals surface area contributed by atoms with Crippen LogP contribution >= 0.6 is 27.5 Å². The van der Waals surface area contributed by atoms with E-state index in [1.165, 1.54) is 12.1 Å². The van der Waals surface area contributed by atoms with E-state index in [0.717, 1.165) is 5.56 Å². The first-order chi connectivity index (χ1) is 12.0. The van der Waals surface area contributed by atoms with Crippen molar-refractivity contribution in [2.45, 2.75) is 12.8 Å². The molecule has 3 aromatic rings. The summed E-state index contributed by atoms with van der Waals surface area (Å²) < 4.78 is 24.8. The molecule has 0 atom stereocenters. The maximum Gasteiger partial charge on any atom is 0.311 e. The summed E-state index contributed by atoms with van der Waals surface area (Å²) in [5, 5.41) is 0.631. The minimum absolute atomic E-state index is 0.0239. The fourth-order valence-electron chi connectivity index (χ4n) is 2.11. The number of hydrogen-bond acceptors (Lipinski definition) is 4. The van der Waals surface area contributed by atoms with Gasteiger partial charge in [-0.1, -0.05) is 27.5 Å². The Balaban J connectivity index is 1.58. The van der Waals surface area contributed by atoms with E-state index in [9.17, 15) is 9.18 Å². The Labute approximate surface area is 156 Å². The molecule has 128 valence electrons. The average molecular weight is 425 g/mol. The van der Waals surface area contributed by atoms with Crippen molar-refractivity contribution in [3.05, 3.63) is 69.9 Å². The zero-order chi connectivity index (χ0) is 17.8. The van der Waals surface area contributed by atoms with Crippen LogP contribution in [0.5, 0.6) is 5.75 Å². The van der Waals surface area contributed by atoms with E-state index in [2.05, 4.69) is 20.9 Å². The molecular weight excluding hydrogens is 413 g/mol. The summed E-state index contributed by atoms with van der Waals surface area (Å²) in [7, 11) is 0. The van der Waals surface area contributed by atoms with Gasteiger partial charge < -0.3 is 9.15 Å². The molecule has 4 nitrogen and oxygen atoms in total. The lowest BCUT2D eigenvalue weighted by molar-refractivity contribution is -0.134. The van der Waals surface area contributed by atoms with Crippen LogP contribution in [-0.2, 0) is 11.2 Å². The minimum atomic E-state index is -0.608. The van der Waals surface area contributed by atoms with E-state index in [0.29, 0.717) is 21.1 Å². The van der Waals surface area contributed by atoms with E-state index in [4.69, 9.17) is 20.8 Å². The van der Waals surface area contributed by atoms with E-state index in [1.807, 2.05) is 12.1 Å². The fourth-order valence-corrected chi connectivity index (χ4v) is 2.57. The molecule has 0 amide bonds. The quantitative estimate of drug-likeness (QED) is 0.404. The zero-order valence-corrected chi connectivity index (χ0v) is 15.2. The van der Waals surface area contributed by atoms with Crippen LogP contribution < -0.4 is 4.74 Å². The third-order valence-electron chi connectivity index (χ3n) is 3.34. The van der Waals surface area contributed by atoms with Gasteiger partial charge in [0.25, 0.3) is 0 Å². The van der Waals surface area contributed by atoms with Gasteiger partial charge in [0.1, 0.15) is 0 Å². The van der Waals surface area contributed by atoms with Gasteiger partial charge in [0.2, 0.25) is 0 Å². The van der Waals surface area contributed by atoms with Crippen molar-refractivity contribution in [2.75, 3.05) is 0 Å². The molecule has 0 fully saturated rings. The molecule has 3 rings (SSSR count). The molecule has 0 saturated carbocycles. The van der Waals surface area contributed by atoms with Gasteiger partial charge in [0, 0.05) is 21.5 Å². The van der Waals surface area contributed by atoms with Crippen LogP contribution in [0.4, 0.5) is 4.39 Å². The highest BCUT2D eigenvalue weighted by Gasteiger charge is 2.13. The van der Waals surface area contributed by atoms with E-state index in [-0.39, 0.29) is 18.6 Å². The molecule has 1 aromatic heterocycles. The molecule has 2 aromatic carbocycles. The summed E-state index contributed by atoms with van der Waals surface area (Å²) in [6.45, 7) is 0. The predicted molar refractivity (Wildman–Crippen MR) is 95.0 cm³/mol. The smallest absolute Gasteiger partial charge is 0.311 e. The molecule has 25 heavy (non-hydrogen) atoms. The molecule has 0 N–H and O–H groups in total. The Bertz CT molecular complexity index is 896. The van der Waals surface area contributed by atoms with Crippen LogP contribution in [0.1, 0.15) is 12.3 Å². The number of esters is 1. The molecule has 7 heteroatoms. The van der Waals surface area contributed by atoms with Crippen LogP contribution in [0.15, 0.2) is 57.6 Å². The molecule has 0 spiro atoms. The Morgan fingerprint density at radius 2 is 2.00 bits per heavy atom. The molecule has 0 unspecified atom stereocenters. The third kappa shape index (κ3) is 4.67. The number of ether oxygens (including phenoxy) is 1. The number of rotatable bonds is 5. The monoisotopic (exact) mass is 423 g/mol. The van der Waals surface area contributed by atoms with Crippen molar-refractivity contribution in [1.29, 1.82) is 0 Å². The highest BCUT2D eigenvalue weighted by Crippen LogP contribution is 2.24. The van der Waals surface area contributed by atoms with E-state index < -0.39 is 11.8 Å². The van der Waals surface area contributed by atoms with Gasteiger partial charge in [0.05, 0.1) is 12.6 Å². The first-order valence-electron chi connectivity index (χ1n) is 7.37. The van der Waals surface area contributed by atoms with Crippen LogP contribution in [0, 0.1) is 5.82 Å². The standard InChI is InChI=1S/C18H12BrClFNO3/c19-12-3-6-15(14(21)9-12)25-18(23)8-7-17-22-10-16(24-17)11-1-4-13(20)5-2-11/h1-6,9-10H,7-8H2. The Morgan fingerprint density at radius 1 is 1.24 bits per heavy atom. The van der Waals surface area contributed by atoms with Crippen molar-refractivity contribution in [1.82, 2.24) is 4.98 Å². The van der Waals surface area contributed by atoms with Gasteiger partial charge in [-0.05, 0) is 42.5 Å². The summed E-state index contributed by atoms with van der Waals surface area (Å²) in [6.07, 6.45) is 1.86. The number of nitrogens with zero attached hydrogens (tertiary/aromatic N) is 1. The second-order valence-corrected chi connectivity index (χ2v) is 6.53. The first-order valence-corrected chi connectivity index (χ1v) is 8.55. The largest absolute Gasteiger partial charge is 0.441 e. The van der Waals surface area contributed by atoms with E-state index in [1.54, 1.807) is 24.4 Å². The fraction of sp³-hybridized carbons (Fsp3) is 0.111. The lowest BCUT2D eigenvalue weighted by atomic mass is 10.2. The number of aryl methyl sites for hydroxylation is 1. The van der Waals surface area contributed by atoms with Gasteiger partial charge in [0.15, 0.2) is 23.2 Å². The SMILES string of the molecule is O=C(CCc1ncc(-c2ccc(Cl)cc2)o1)Oc1ccc(Br)cc1F. The summed E-state index contributed by atoms with van der Waals surface area (Å²) in [6, 6.07) is 11.4. The molecule has 0 radical (unpaired) electrons. The van der Waals surface area contributed by atoms with Crippen molar-refractivity contribution >= 4 is 33.5 Å². The maximum atomic E-state index is 13.6. The highest BCUT2D eigenvalue weighted by atomic mass is 79.9. The number of oxazole rings is 1. The van der Waals surface area contributed by atoms with Crippen LogP contribution in [-0.4, -0.2) is 11.0 Å². The van der Waals surface area contributed by atoms with Gasteiger partial charge in [-0.2, -0.15) is 0 Å². The second kappa shape index (κ2) is 7.80. The highest BCUT2D eigenvalue weighted by molar-refractivity contribution is 9.10. The Morgan fingerprint density at radius 3 is 2.72 bits per heavy atom. The lowest BCUT2D eigenvalue weighted by Gasteiger charge is -2.04. The first kappa shape index (κ1) is 17.6. The topological polar surface area (TPSA) is 52.3 Å². The summed E-state index contributed by atoms with van der Waals surface area (Å²) >= 11 is 8.99. The number of carbonyl (C=O) groups excluding carboxylic acids is 1. The summed E-state index contributed by atoms with van der Waals surface area (Å²) in [5.74, 6) is -0.295. The van der Waals surface area contributed by atoms with Crippen molar-refractivity contribution in [3.63, 3.8) is 0 Å². The average Bonchev–Trinajstić information content (AvgIpc) is 3.05. The van der Waals surface area contributed by atoms with Gasteiger partial charge in [-0.15, -0.1) is 0 Å². The molecule has 0 aliphatic rings. The van der Waals surface area contributed by atoms with Crippen LogP contribution in [0.2, 0.25) is 5.02 Å². The normalized spacial score (nSPS) is 10.7. The Kier molecular flexibility index (Phi) is 5.50. The number of halogens is 3. The molecule has 1 heterocycles. The Hall–Kier alpha value is -2.18. The van der Waals surface area contributed by atoms with E-state index >= 15 is 0 Å². The molecule has 0 bridgehead atoms. The summed E-state index contributed by atoms with van der Waals surface area (Å²) in [4.78, 5) is 16.0. The van der Waals surface area contributed by atoms with Gasteiger partial charge in [-0.25, -0.2) is 9.37 Å². The molecule has 0 saturated heterocycles. The van der Waals surface area contributed by atoms with Crippen molar-refractivity contribution < 1.29 is 18.3 Å². The van der Waals surface area contributed by atoms with Gasteiger partial charge >= 0.3 is 5.97 Å². The maximum absolute atomic E-state index is 13.6. The summed E-state index contributed by atoms with van der Waals surface area (Å²) in [5.41, 5.74) is 0.836. The second-order valence-electron chi connectivity index (χ2n) is 5.17. The number of carbonyl (C=O) groups is 1. The van der Waals surface area contributed by atoms with Crippen LogP contribution in [0.3, 0.4) is 0 Å². The predicted octanol–water partition coefficient (Wildman–Crippen LogP) is 5.43. The number of aromatic nitrogens is 1. The van der Waals surface area contributed by atoms with Crippen molar-refractivity contribution in [2.24, 2.45) is 0 Å². The minimum Gasteiger partial charge on any atom is -0.441 e.